The first kappa shape index (κ1) is 22.7. The van der Waals surface area contributed by atoms with Crippen molar-refractivity contribution < 1.29 is 14.4 Å². The standard InChI is InChI=1S/C20H27Cl2NO3/c1-6-14(18(24)11(4)21)16-8-13(20(23)26)9-17(10(16)3)15(7-2)19(25)12(5)22/h8-9,11-12,14-15H,6-7H2,1-5H3,(H2,23,26)/t11-,12-,14?,15?/m0/s1. The van der Waals surface area contributed by atoms with Gasteiger partial charge >= 0.3 is 0 Å². The lowest BCUT2D eigenvalue weighted by Crippen LogP contribution is -2.25. The number of rotatable bonds is 9. The summed E-state index contributed by atoms with van der Waals surface area (Å²) in [7, 11) is 0. The van der Waals surface area contributed by atoms with Crippen LogP contribution in [0.2, 0.25) is 0 Å². The highest BCUT2D eigenvalue weighted by molar-refractivity contribution is 6.32. The quantitative estimate of drug-likeness (QED) is 0.621. The van der Waals surface area contributed by atoms with Gasteiger partial charge in [-0.05, 0) is 62.4 Å². The van der Waals surface area contributed by atoms with Crippen LogP contribution in [0.5, 0.6) is 0 Å². The summed E-state index contributed by atoms with van der Waals surface area (Å²) in [6, 6.07) is 3.29. The minimum atomic E-state index is -0.647. The average Bonchev–Trinajstić information content (AvgIpc) is 2.57. The molecule has 0 aliphatic carbocycles. The third kappa shape index (κ3) is 4.86. The molecular weight excluding hydrogens is 373 g/mol. The van der Waals surface area contributed by atoms with Crippen molar-refractivity contribution in [2.75, 3.05) is 0 Å². The maximum absolute atomic E-state index is 12.6. The molecule has 1 aromatic rings. The first-order valence-electron chi connectivity index (χ1n) is 8.86. The first-order chi connectivity index (χ1) is 12.1. The van der Waals surface area contributed by atoms with Gasteiger partial charge in [-0.25, -0.2) is 0 Å². The molecule has 2 N–H and O–H groups in total. The van der Waals surface area contributed by atoms with Crippen LogP contribution in [0.25, 0.3) is 0 Å². The van der Waals surface area contributed by atoms with E-state index in [4.69, 9.17) is 28.9 Å². The molecule has 144 valence electrons. The smallest absolute Gasteiger partial charge is 0.248 e. The summed E-state index contributed by atoms with van der Waals surface area (Å²) in [6.07, 6.45) is 1.07. The van der Waals surface area contributed by atoms with Gasteiger partial charge in [0.25, 0.3) is 0 Å². The van der Waals surface area contributed by atoms with Crippen LogP contribution in [0.1, 0.15) is 79.4 Å². The van der Waals surface area contributed by atoms with Crippen LogP contribution in [0, 0.1) is 6.92 Å². The summed E-state index contributed by atoms with van der Waals surface area (Å²) in [5.74, 6) is -1.75. The van der Waals surface area contributed by atoms with Crippen molar-refractivity contribution >= 4 is 40.7 Å². The predicted octanol–water partition coefficient (Wildman–Crippen LogP) is 4.47. The zero-order valence-electron chi connectivity index (χ0n) is 15.9. The van der Waals surface area contributed by atoms with Gasteiger partial charge in [0.2, 0.25) is 5.91 Å². The van der Waals surface area contributed by atoms with E-state index < -0.39 is 28.5 Å². The van der Waals surface area contributed by atoms with Gasteiger partial charge in [0.05, 0.1) is 10.8 Å². The van der Waals surface area contributed by atoms with E-state index in [0.717, 1.165) is 5.56 Å². The van der Waals surface area contributed by atoms with E-state index in [2.05, 4.69) is 0 Å². The fourth-order valence-electron chi connectivity index (χ4n) is 3.33. The minimum absolute atomic E-state index is 0.116. The Morgan fingerprint density at radius 2 is 1.27 bits per heavy atom. The van der Waals surface area contributed by atoms with Crippen molar-refractivity contribution in [2.24, 2.45) is 5.73 Å². The molecule has 1 rings (SSSR count). The maximum atomic E-state index is 12.6. The van der Waals surface area contributed by atoms with E-state index in [1.165, 1.54) is 0 Å². The van der Waals surface area contributed by atoms with E-state index in [1.54, 1.807) is 26.0 Å². The van der Waals surface area contributed by atoms with Gasteiger partial charge < -0.3 is 5.73 Å². The summed E-state index contributed by atoms with van der Waals surface area (Å²) in [5, 5.41) is -1.29. The number of benzene rings is 1. The van der Waals surface area contributed by atoms with E-state index in [0.29, 0.717) is 24.0 Å². The number of amides is 1. The van der Waals surface area contributed by atoms with Gasteiger partial charge in [-0.1, -0.05) is 13.8 Å². The third-order valence-corrected chi connectivity index (χ3v) is 5.24. The van der Waals surface area contributed by atoms with E-state index in [1.807, 2.05) is 20.8 Å². The molecule has 0 heterocycles. The number of carbonyl (C=O) groups excluding carboxylic acids is 3. The molecule has 0 fully saturated rings. The van der Waals surface area contributed by atoms with Gasteiger partial charge in [-0.3, -0.25) is 14.4 Å². The molecule has 0 bridgehead atoms. The van der Waals surface area contributed by atoms with Gasteiger partial charge in [0, 0.05) is 17.4 Å². The number of halogens is 2. The Balaban J connectivity index is 3.68. The Morgan fingerprint density at radius 3 is 1.50 bits per heavy atom. The Labute approximate surface area is 165 Å². The fourth-order valence-corrected chi connectivity index (χ4v) is 3.63. The molecule has 4 atom stereocenters. The van der Waals surface area contributed by atoms with Crippen molar-refractivity contribution in [3.05, 3.63) is 34.4 Å². The molecule has 0 spiro atoms. The van der Waals surface area contributed by atoms with Crippen molar-refractivity contribution in [1.82, 2.24) is 0 Å². The van der Waals surface area contributed by atoms with Crippen molar-refractivity contribution in [1.29, 1.82) is 0 Å². The normalized spacial score (nSPS) is 15.8. The topological polar surface area (TPSA) is 77.2 Å². The molecule has 1 aromatic carbocycles. The van der Waals surface area contributed by atoms with Gasteiger partial charge in [0.15, 0.2) is 11.6 Å². The van der Waals surface area contributed by atoms with Crippen LogP contribution in [0.3, 0.4) is 0 Å². The van der Waals surface area contributed by atoms with Crippen molar-refractivity contribution in [3.8, 4) is 0 Å². The highest BCUT2D eigenvalue weighted by Crippen LogP contribution is 2.34. The van der Waals surface area contributed by atoms with Gasteiger partial charge in [-0.2, -0.15) is 0 Å². The summed E-state index contributed by atoms with van der Waals surface area (Å²) < 4.78 is 0. The summed E-state index contributed by atoms with van der Waals surface area (Å²) in [6.45, 7) is 8.91. The lowest BCUT2D eigenvalue weighted by molar-refractivity contribution is -0.120. The first-order valence-corrected chi connectivity index (χ1v) is 9.73. The lowest BCUT2D eigenvalue weighted by atomic mass is 9.80. The molecule has 0 saturated carbocycles. The highest BCUT2D eigenvalue weighted by Gasteiger charge is 2.30. The molecule has 2 unspecified atom stereocenters. The van der Waals surface area contributed by atoms with Gasteiger partial charge in [0.1, 0.15) is 0 Å². The molecule has 1 amide bonds. The van der Waals surface area contributed by atoms with E-state index in [-0.39, 0.29) is 17.1 Å². The van der Waals surface area contributed by atoms with Crippen molar-refractivity contribution in [2.45, 2.75) is 70.1 Å². The Morgan fingerprint density at radius 1 is 0.923 bits per heavy atom. The Hall–Kier alpha value is -1.39. The maximum Gasteiger partial charge on any atom is 0.248 e. The molecule has 0 aliphatic rings. The molecule has 0 aliphatic heterocycles. The second kappa shape index (κ2) is 9.52. The number of ketones is 2. The lowest BCUT2D eigenvalue weighted by Gasteiger charge is -2.24. The second-order valence-electron chi connectivity index (χ2n) is 6.60. The van der Waals surface area contributed by atoms with Crippen LogP contribution >= 0.6 is 23.2 Å². The predicted molar refractivity (Wildman–Crippen MR) is 106 cm³/mol. The summed E-state index contributed by atoms with van der Waals surface area (Å²) >= 11 is 12.0. The van der Waals surface area contributed by atoms with E-state index >= 15 is 0 Å². The largest absolute Gasteiger partial charge is 0.366 e. The Bertz CT molecular complexity index is 649. The molecule has 0 aromatic heterocycles. The molecular formula is C20H27Cl2NO3. The number of hydrogen-bond donors (Lipinski definition) is 1. The number of Topliss-reactive ketones (excluding diaryl/α,β-unsaturated/α-hetero) is 2. The molecule has 0 saturated heterocycles. The van der Waals surface area contributed by atoms with Crippen molar-refractivity contribution in [3.63, 3.8) is 0 Å². The number of nitrogens with two attached hydrogens (primary N) is 1. The highest BCUT2D eigenvalue weighted by atomic mass is 35.5. The number of alkyl halides is 2. The SMILES string of the molecule is CCC(C(=O)[C@H](C)Cl)c1cc(C(N)=O)cc(C(CC)C(=O)[C@H](C)Cl)c1C. The van der Waals surface area contributed by atoms with Crippen LogP contribution in [-0.4, -0.2) is 28.2 Å². The van der Waals surface area contributed by atoms with Gasteiger partial charge in [-0.15, -0.1) is 23.2 Å². The monoisotopic (exact) mass is 399 g/mol. The fraction of sp³-hybridized carbons (Fsp3) is 0.550. The van der Waals surface area contributed by atoms with Crippen LogP contribution in [0.15, 0.2) is 12.1 Å². The molecule has 6 heteroatoms. The summed E-state index contributed by atoms with van der Waals surface area (Å²) in [5.41, 5.74) is 7.98. The molecule has 26 heavy (non-hydrogen) atoms. The van der Waals surface area contributed by atoms with Crippen LogP contribution in [0.4, 0.5) is 0 Å². The number of carbonyl (C=O) groups is 3. The number of primary amides is 1. The molecule has 0 radical (unpaired) electrons. The zero-order chi connectivity index (χ0) is 20.2. The van der Waals surface area contributed by atoms with E-state index in [9.17, 15) is 14.4 Å². The Kier molecular flexibility index (Phi) is 8.29. The molecule has 4 nitrogen and oxygen atoms in total. The summed E-state index contributed by atoms with van der Waals surface area (Å²) in [4.78, 5) is 37.0. The average molecular weight is 400 g/mol. The zero-order valence-corrected chi connectivity index (χ0v) is 17.4. The van der Waals surface area contributed by atoms with Crippen LogP contribution < -0.4 is 5.73 Å². The van der Waals surface area contributed by atoms with Crippen LogP contribution in [-0.2, 0) is 9.59 Å². The minimum Gasteiger partial charge on any atom is -0.366 e. The third-order valence-electron chi connectivity index (χ3n) is 4.81. The second-order valence-corrected chi connectivity index (χ2v) is 7.91. The number of hydrogen-bond acceptors (Lipinski definition) is 3.